The smallest absolute Gasteiger partial charge is 0.250 e. The summed E-state index contributed by atoms with van der Waals surface area (Å²) in [6, 6.07) is 5.93. The third-order valence-electron chi connectivity index (χ3n) is 7.38. The van der Waals surface area contributed by atoms with Crippen LogP contribution in [-0.4, -0.2) is 65.2 Å². The highest BCUT2D eigenvalue weighted by molar-refractivity contribution is 6.30. The predicted molar refractivity (Wildman–Crippen MR) is 119 cm³/mol. The molecule has 9 heteroatoms. The van der Waals surface area contributed by atoms with Crippen molar-refractivity contribution in [2.45, 2.75) is 56.3 Å². The molecule has 3 fully saturated rings. The lowest BCUT2D eigenvalue weighted by Crippen LogP contribution is -2.53. The van der Waals surface area contributed by atoms with Crippen molar-refractivity contribution in [3.8, 4) is 0 Å². The van der Waals surface area contributed by atoms with Gasteiger partial charge in [0.2, 0.25) is 17.7 Å². The molecular weight excluding hydrogens is 434 g/mol. The highest BCUT2D eigenvalue weighted by Crippen LogP contribution is 2.64. The first-order valence-electron chi connectivity index (χ1n) is 11.2. The minimum absolute atomic E-state index is 0.00848. The van der Waals surface area contributed by atoms with Crippen LogP contribution in [0.25, 0.3) is 0 Å². The summed E-state index contributed by atoms with van der Waals surface area (Å²) in [6.45, 7) is 2.29. The fraction of sp³-hybridized carbons (Fsp3) is 0.609. The van der Waals surface area contributed by atoms with Gasteiger partial charge in [0.1, 0.15) is 11.6 Å². The van der Waals surface area contributed by atoms with Crippen LogP contribution in [0.3, 0.4) is 0 Å². The topological polar surface area (TPSA) is 108 Å². The van der Waals surface area contributed by atoms with Gasteiger partial charge in [-0.05, 0) is 56.4 Å². The summed E-state index contributed by atoms with van der Waals surface area (Å²) in [5.74, 6) is -2.11. The van der Waals surface area contributed by atoms with Gasteiger partial charge in [0.05, 0.1) is 17.4 Å². The lowest BCUT2D eigenvalue weighted by molar-refractivity contribution is -0.145. The number of fused-ring (bicyclic) bond motifs is 1. The first kappa shape index (κ1) is 23.0. The summed E-state index contributed by atoms with van der Waals surface area (Å²) in [7, 11) is 1.56. The Bertz CT molecular complexity index is 909. The van der Waals surface area contributed by atoms with E-state index in [1.165, 1.54) is 0 Å². The summed E-state index contributed by atoms with van der Waals surface area (Å²) in [5.41, 5.74) is -1.21. The lowest BCUT2D eigenvalue weighted by atomic mass is 9.65. The number of unbranched alkanes of at least 4 members (excludes halogenated alkanes) is 1. The fourth-order valence-electron chi connectivity index (χ4n) is 5.95. The Labute approximate surface area is 192 Å². The molecule has 0 radical (unpaired) electrons. The van der Waals surface area contributed by atoms with Crippen molar-refractivity contribution in [1.29, 1.82) is 0 Å². The van der Waals surface area contributed by atoms with Crippen LogP contribution in [0.1, 0.15) is 39.0 Å². The Kier molecular flexibility index (Phi) is 6.22. The molecule has 3 aliphatic rings. The molecule has 0 aromatic heterocycles. The summed E-state index contributed by atoms with van der Waals surface area (Å²) >= 11 is 5.96. The standard InChI is InChI=1S/C23H30ClN3O5/c1-3-22-10-11-23(32-22)17(16(22)19(29)25-2)21(31)27(12-4-5-13-28)18(23)20(30)26-15-8-6-14(24)7-9-15/h6-9,16-18,28H,3-5,10-13H2,1-2H3,(H,25,29)(H,26,30)/t16-,17-,18?,22+,23?/m0/s1. The van der Waals surface area contributed by atoms with Crippen molar-refractivity contribution in [2.75, 3.05) is 25.5 Å². The molecule has 3 heterocycles. The number of ether oxygens (including phenoxy) is 1. The van der Waals surface area contributed by atoms with Gasteiger partial charge in [0.25, 0.3) is 0 Å². The molecular formula is C23H30ClN3O5. The fourth-order valence-corrected chi connectivity index (χ4v) is 6.08. The van der Waals surface area contributed by atoms with Crippen LogP contribution in [0.5, 0.6) is 0 Å². The summed E-state index contributed by atoms with van der Waals surface area (Å²) in [4.78, 5) is 41.7. The number of likely N-dealkylation sites (tertiary alicyclic amines) is 1. The molecule has 2 bridgehead atoms. The zero-order chi connectivity index (χ0) is 23.1. The molecule has 4 rings (SSSR count). The lowest BCUT2D eigenvalue weighted by Gasteiger charge is -2.33. The number of halogens is 1. The minimum Gasteiger partial charge on any atom is -0.396 e. The van der Waals surface area contributed by atoms with Gasteiger partial charge in [-0.1, -0.05) is 18.5 Å². The van der Waals surface area contributed by atoms with E-state index in [1.807, 2.05) is 6.92 Å². The zero-order valence-corrected chi connectivity index (χ0v) is 19.2. The number of carbonyl (C=O) groups is 3. The molecule has 8 nitrogen and oxygen atoms in total. The summed E-state index contributed by atoms with van der Waals surface area (Å²) in [5, 5.41) is 15.4. The number of rotatable bonds is 8. The van der Waals surface area contributed by atoms with Crippen LogP contribution in [0, 0.1) is 11.8 Å². The van der Waals surface area contributed by atoms with E-state index >= 15 is 0 Å². The van der Waals surface area contributed by atoms with Crippen LogP contribution in [-0.2, 0) is 19.1 Å². The van der Waals surface area contributed by atoms with E-state index < -0.39 is 29.1 Å². The maximum absolute atomic E-state index is 13.7. The molecule has 0 saturated carbocycles. The monoisotopic (exact) mass is 463 g/mol. The van der Waals surface area contributed by atoms with E-state index in [0.29, 0.717) is 49.4 Å². The largest absolute Gasteiger partial charge is 0.396 e. The maximum atomic E-state index is 13.7. The van der Waals surface area contributed by atoms with Gasteiger partial charge in [0.15, 0.2) is 0 Å². The first-order chi connectivity index (χ1) is 15.3. The number of anilines is 1. The molecule has 3 amide bonds. The number of aliphatic hydroxyl groups is 1. The second kappa shape index (κ2) is 8.65. The summed E-state index contributed by atoms with van der Waals surface area (Å²) in [6.07, 6.45) is 2.83. The van der Waals surface area contributed by atoms with Crippen LogP contribution in [0.4, 0.5) is 5.69 Å². The van der Waals surface area contributed by atoms with Crippen LogP contribution >= 0.6 is 11.6 Å². The van der Waals surface area contributed by atoms with Crippen molar-refractivity contribution < 1.29 is 24.2 Å². The van der Waals surface area contributed by atoms with Gasteiger partial charge in [-0.2, -0.15) is 0 Å². The van der Waals surface area contributed by atoms with E-state index in [4.69, 9.17) is 16.3 Å². The highest BCUT2D eigenvalue weighted by atomic mass is 35.5. The molecule has 3 saturated heterocycles. The maximum Gasteiger partial charge on any atom is 0.250 e. The minimum atomic E-state index is -1.04. The molecule has 2 unspecified atom stereocenters. The average Bonchev–Trinajstić information content (AvgIpc) is 3.39. The normalized spacial score (nSPS) is 32.8. The van der Waals surface area contributed by atoms with Gasteiger partial charge in [0, 0.05) is 30.9 Å². The molecule has 5 atom stereocenters. The van der Waals surface area contributed by atoms with Crippen molar-refractivity contribution in [3.63, 3.8) is 0 Å². The van der Waals surface area contributed by atoms with Crippen LogP contribution in [0.2, 0.25) is 5.02 Å². The molecule has 0 aliphatic carbocycles. The highest BCUT2D eigenvalue weighted by Gasteiger charge is 2.78. The Hall–Kier alpha value is -2.16. The van der Waals surface area contributed by atoms with Gasteiger partial charge in [-0.3, -0.25) is 14.4 Å². The quantitative estimate of drug-likeness (QED) is 0.511. The SMILES string of the molecule is CC[C@]12CCC3(O1)C(C(=O)Nc1ccc(Cl)cc1)N(CCCCO)C(=O)[C@@H]3[C@H]2C(=O)NC. The number of nitrogens with one attached hydrogen (secondary N) is 2. The molecule has 32 heavy (non-hydrogen) atoms. The molecule has 174 valence electrons. The number of hydrogen-bond donors (Lipinski definition) is 3. The van der Waals surface area contributed by atoms with Crippen LogP contribution in [0.15, 0.2) is 24.3 Å². The molecule has 1 aromatic carbocycles. The van der Waals surface area contributed by atoms with Crippen LogP contribution < -0.4 is 10.6 Å². The van der Waals surface area contributed by atoms with Gasteiger partial charge >= 0.3 is 0 Å². The third kappa shape index (κ3) is 3.40. The van der Waals surface area contributed by atoms with Crippen molar-refractivity contribution >= 4 is 35.0 Å². The Balaban J connectivity index is 1.72. The number of carbonyl (C=O) groups excluding carboxylic acids is 3. The molecule has 1 aromatic rings. The Morgan fingerprint density at radius 3 is 2.56 bits per heavy atom. The molecule has 1 spiro atoms. The predicted octanol–water partition coefficient (Wildman–Crippen LogP) is 1.95. The molecule has 3 aliphatic heterocycles. The Morgan fingerprint density at radius 1 is 1.22 bits per heavy atom. The zero-order valence-electron chi connectivity index (χ0n) is 18.4. The Morgan fingerprint density at radius 2 is 1.94 bits per heavy atom. The van der Waals surface area contributed by atoms with E-state index in [-0.39, 0.29) is 24.3 Å². The van der Waals surface area contributed by atoms with E-state index in [0.717, 1.165) is 0 Å². The number of aliphatic hydroxyl groups excluding tert-OH is 1. The van der Waals surface area contributed by atoms with Crippen molar-refractivity contribution in [3.05, 3.63) is 29.3 Å². The average molecular weight is 464 g/mol. The van der Waals surface area contributed by atoms with Gasteiger partial charge in [-0.25, -0.2) is 0 Å². The van der Waals surface area contributed by atoms with Gasteiger partial charge < -0.3 is 25.4 Å². The second-order valence-electron chi connectivity index (χ2n) is 8.91. The van der Waals surface area contributed by atoms with Crippen molar-refractivity contribution in [1.82, 2.24) is 10.2 Å². The number of benzene rings is 1. The van der Waals surface area contributed by atoms with Gasteiger partial charge in [-0.15, -0.1) is 0 Å². The van der Waals surface area contributed by atoms with E-state index in [2.05, 4.69) is 10.6 Å². The number of nitrogens with zero attached hydrogens (tertiary/aromatic N) is 1. The van der Waals surface area contributed by atoms with E-state index in [9.17, 15) is 19.5 Å². The molecule has 3 N–H and O–H groups in total. The van der Waals surface area contributed by atoms with Crippen molar-refractivity contribution in [2.24, 2.45) is 11.8 Å². The number of hydrogen-bond acceptors (Lipinski definition) is 5. The third-order valence-corrected chi connectivity index (χ3v) is 7.63. The van der Waals surface area contributed by atoms with E-state index in [1.54, 1.807) is 36.2 Å². The first-order valence-corrected chi connectivity index (χ1v) is 11.6. The number of amides is 3. The second-order valence-corrected chi connectivity index (χ2v) is 9.34. The summed E-state index contributed by atoms with van der Waals surface area (Å²) < 4.78 is 6.60.